The van der Waals surface area contributed by atoms with Crippen LogP contribution < -0.4 is 21.3 Å². The number of likely N-dealkylation sites (tertiary alicyclic amines) is 1. The third-order valence-electron chi connectivity index (χ3n) is 20.4. The molecule has 13 atom stereocenters. The van der Waals surface area contributed by atoms with E-state index in [4.69, 9.17) is 4.74 Å². The van der Waals surface area contributed by atoms with Crippen LogP contribution in [0.2, 0.25) is 0 Å². The summed E-state index contributed by atoms with van der Waals surface area (Å²) < 4.78 is 47.0. The van der Waals surface area contributed by atoms with Crippen LogP contribution in [-0.2, 0) is 75.1 Å². The number of carbonyl (C=O) groups excluding carboxylic acids is 12. The number of likely N-dealkylation sites (N-methyl/N-ethyl adjacent to an activating group) is 6. The van der Waals surface area contributed by atoms with Gasteiger partial charge in [-0.15, -0.1) is 0 Å². The zero-order chi connectivity index (χ0) is 81.4. The second-order valence-electron chi connectivity index (χ2n) is 31.1. The van der Waals surface area contributed by atoms with Crippen LogP contribution in [0.3, 0.4) is 0 Å². The van der Waals surface area contributed by atoms with E-state index in [0.29, 0.717) is 43.5 Å². The van der Waals surface area contributed by atoms with E-state index in [2.05, 4.69) is 21.3 Å². The molecule has 30 heteroatoms. The fourth-order valence-corrected chi connectivity index (χ4v) is 13.4. The number of nitrogens with one attached hydrogen (secondary N) is 4. The van der Waals surface area contributed by atoms with Gasteiger partial charge >= 0.3 is 6.18 Å². The molecule has 2 aliphatic rings. The van der Waals surface area contributed by atoms with E-state index < -0.39 is 181 Å². The lowest BCUT2D eigenvalue weighted by atomic mass is 9.94. The molecule has 4 rings (SSSR count). The summed E-state index contributed by atoms with van der Waals surface area (Å²) in [5.41, 5.74) is 1.06. The van der Waals surface area contributed by atoms with E-state index in [1.807, 2.05) is 27.7 Å². The molecule has 0 aromatic heterocycles. The molecule has 606 valence electrons. The number of aliphatic hydroxyl groups is 2. The van der Waals surface area contributed by atoms with Crippen molar-refractivity contribution in [2.45, 2.75) is 238 Å². The van der Waals surface area contributed by atoms with E-state index in [1.54, 1.807) is 107 Å². The summed E-state index contributed by atoms with van der Waals surface area (Å²) in [6.07, 6.45) is -8.39. The molecule has 0 bridgehead atoms. The number of halogens is 3. The molecule has 2 aliphatic heterocycles. The lowest BCUT2D eigenvalue weighted by Gasteiger charge is -2.38. The Morgan fingerprint density at radius 3 is 1.37 bits per heavy atom. The molecule has 0 spiro atoms. The maximum absolute atomic E-state index is 15.7. The van der Waals surface area contributed by atoms with Gasteiger partial charge in [0.15, 0.2) is 6.10 Å². The summed E-state index contributed by atoms with van der Waals surface area (Å²) in [5.74, 6) is -11.2. The van der Waals surface area contributed by atoms with Gasteiger partial charge in [0.2, 0.25) is 70.9 Å². The van der Waals surface area contributed by atoms with Crippen molar-refractivity contribution in [2.75, 3.05) is 82.2 Å². The summed E-state index contributed by atoms with van der Waals surface area (Å²) in [5, 5.41) is 32.5. The second-order valence-corrected chi connectivity index (χ2v) is 31.1. The first-order valence-electron chi connectivity index (χ1n) is 38.0. The highest BCUT2D eigenvalue weighted by molar-refractivity contribution is 6.00. The maximum Gasteiger partial charge on any atom is 0.416 e. The standard InChI is InChI=1S/C78H123F3N12O15/c1-19-51(10)66-76(106)92(18)62(43-54-32-25-21-26-33-54)75(105)90(16)60(42-53-30-23-20-24-31-53)69(99)83-56(45-108-46-63(95)78(79,80)81)72(102)88(14)59(40-49(6)7)71(101)85-67(52(11)94)77(107)91(17)61(41-50(8)9)74(104)89(15)58(39-48(4)5)68(98)82-55(73(103)93-36-27-22-28-37-93)44-65(97)86(12)35-29-34-64(96)87(13)57(38-47(2)3)70(100)84-66/h20-21,23-26,30-33,47-52,55-63,66-67,94-95H,19,22,27-29,34-46H2,1-18H3,(H,82,98)(H,83,99)(H,84,100)(H,85,101)/t51-,52+,55-,56-,57-,58-,59-,60-,61-,62-,63?,66-,67-/m0/s1. The number of benzene rings is 2. The smallest absolute Gasteiger partial charge is 0.391 e. The van der Waals surface area contributed by atoms with E-state index in [1.165, 1.54) is 68.8 Å². The van der Waals surface area contributed by atoms with Crippen molar-refractivity contribution in [2.24, 2.45) is 29.6 Å². The quantitative estimate of drug-likeness (QED) is 0.106. The normalized spacial score (nSPS) is 25.1. The Kier molecular flexibility index (Phi) is 36.9. The van der Waals surface area contributed by atoms with Crippen molar-refractivity contribution in [1.82, 2.24) is 60.5 Å². The van der Waals surface area contributed by atoms with Crippen LogP contribution >= 0.6 is 0 Å². The predicted octanol–water partition coefficient (Wildman–Crippen LogP) is 4.58. The number of hydrogen-bond acceptors (Lipinski definition) is 15. The van der Waals surface area contributed by atoms with Gasteiger partial charge in [0.05, 0.1) is 25.7 Å². The average Bonchev–Trinajstić information content (AvgIpc) is 0.811. The highest BCUT2D eigenvalue weighted by Gasteiger charge is 2.46. The molecular weight excluding hydrogens is 1400 g/mol. The molecule has 0 aliphatic carbocycles. The van der Waals surface area contributed by atoms with Crippen molar-refractivity contribution >= 4 is 70.9 Å². The van der Waals surface area contributed by atoms with Crippen molar-refractivity contribution in [3.63, 3.8) is 0 Å². The molecule has 1 unspecified atom stereocenters. The molecule has 108 heavy (non-hydrogen) atoms. The van der Waals surface area contributed by atoms with Gasteiger partial charge in [-0.3, -0.25) is 57.5 Å². The van der Waals surface area contributed by atoms with Gasteiger partial charge in [-0.05, 0) is 99.0 Å². The average molecular weight is 1530 g/mol. The molecule has 0 saturated carbocycles. The van der Waals surface area contributed by atoms with Crippen LogP contribution in [-0.4, -0.2) is 281 Å². The highest BCUT2D eigenvalue weighted by atomic mass is 19.4. The number of ether oxygens (including phenoxy) is 1. The molecule has 2 aromatic rings. The monoisotopic (exact) mass is 1520 g/mol. The SMILES string of the molecule is CC[C@H](C)[C@@H]1NC(=O)[C@H](CC(C)C)N(C)C(=O)CCCN(C)C(=O)C[C@@H](C(=O)N2CCCCC2)NC(=O)[C@H](CC(C)C)N(C)C(=O)[C@H](CC(C)C)N(C)C(=O)[C@H]([C@@H](C)O)NC(=O)[C@H](CC(C)C)N(C)C(=O)[C@H](COCC(O)C(F)(F)F)NC(=O)[C@H](Cc2ccccc2)N(C)C(=O)[C@H](Cc2ccccc2)N(C)C1=O. The van der Waals surface area contributed by atoms with E-state index >= 15 is 33.6 Å². The van der Waals surface area contributed by atoms with Gasteiger partial charge in [-0.2, -0.15) is 13.2 Å². The topological polar surface area (TPSA) is 329 Å². The molecule has 27 nitrogen and oxygen atoms in total. The Hall–Kier alpha value is -8.25. The van der Waals surface area contributed by atoms with Gasteiger partial charge in [-0.25, -0.2) is 0 Å². The van der Waals surface area contributed by atoms with Crippen LogP contribution in [0.1, 0.15) is 158 Å². The first-order chi connectivity index (χ1) is 50.5. The minimum atomic E-state index is -5.19. The largest absolute Gasteiger partial charge is 0.416 e. The van der Waals surface area contributed by atoms with Gasteiger partial charge in [0.1, 0.15) is 60.4 Å². The fourth-order valence-electron chi connectivity index (χ4n) is 13.4. The third kappa shape index (κ3) is 27.1. The fraction of sp³-hybridized carbons (Fsp3) is 0.692. The Morgan fingerprint density at radius 2 is 0.889 bits per heavy atom. The van der Waals surface area contributed by atoms with Crippen LogP contribution in [0.5, 0.6) is 0 Å². The summed E-state index contributed by atoms with van der Waals surface area (Å²) in [6, 6.07) is 1.99. The van der Waals surface area contributed by atoms with Crippen molar-refractivity contribution in [3.05, 3.63) is 71.8 Å². The molecular formula is C78H123F3N12O15. The van der Waals surface area contributed by atoms with Gasteiger partial charge < -0.3 is 75.4 Å². The van der Waals surface area contributed by atoms with Crippen molar-refractivity contribution < 1.29 is 85.7 Å². The molecule has 2 fully saturated rings. The molecule has 0 radical (unpaired) electrons. The van der Waals surface area contributed by atoms with Gasteiger partial charge in [0, 0.05) is 88.2 Å². The summed E-state index contributed by atoms with van der Waals surface area (Å²) in [6.45, 7) is 17.3. The Morgan fingerprint density at radius 1 is 0.481 bits per heavy atom. The molecule has 6 N–H and O–H groups in total. The Labute approximate surface area is 636 Å². The Balaban J connectivity index is 2.01. The van der Waals surface area contributed by atoms with Crippen molar-refractivity contribution in [3.8, 4) is 0 Å². The van der Waals surface area contributed by atoms with Crippen LogP contribution in [0.25, 0.3) is 0 Å². The maximum atomic E-state index is 15.7. The number of alkyl halides is 3. The number of hydrogen-bond donors (Lipinski definition) is 6. The number of nitrogens with zero attached hydrogens (tertiary/aromatic N) is 8. The number of piperidine rings is 1. The zero-order valence-corrected chi connectivity index (χ0v) is 66.7. The molecule has 2 heterocycles. The lowest BCUT2D eigenvalue weighted by Crippen LogP contribution is -2.63. The first kappa shape index (κ1) is 92.1. The zero-order valence-electron chi connectivity index (χ0n) is 66.7. The van der Waals surface area contributed by atoms with E-state index in [-0.39, 0.29) is 75.7 Å². The first-order valence-corrected chi connectivity index (χ1v) is 38.0. The third-order valence-corrected chi connectivity index (χ3v) is 20.4. The minimum Gasteiger partial charge on any atom is -0.391 e. The summed E-state index contributed by atoms with van der Waals surface area (Å²) in [4.78, 5) is 190. The summed E-state index contributed by atoms with van der Waals surface area (Å²) in [7, 11) is 9.47. The van der Waals surface area contributed by atoms with Gasteiger partial charge in [-0.1, -0.05) is 136 Å². The van der Waals surface area contributed by atoms with Gasteiger partial charge in [0.25, 0.3) is 0 Å². The molecule has 2 aromatic carbocycles. The van der Waals surface area contributed by atoms with E-state index in [0.717, 1.165) is 28.2 Å². The number of aliphatic hydroxyl groups excluding tert-OH is 2. The number of amides is 12. The minimum absolute atomic E-state index is 0.00578. The van der Waals surface area contributed by atoms with E-state index in [9.17, 15) is 47.4 Å². The van der Waals surface area contributed by atoms with Crippen LogP contribution in [0.4, 0.5) is 13.2 Å². The number of rotatable bonds is 20. The van der Waals surface area contributed by atoms with Crippen LogP contribution in [0, 0.1) is 29.6 Å². The Bertz CT molecular complexity index is 3310. The lowest BCUT2D eigenvalue weighted by molar-refractivity contribution is -0.217. The highest BCUT2D eigenvalue weighted by Crippen LogP contribution is 2.26. The van der Waals surface area contributed by atoms with Crippen LogP contribution in [0.15, 0.2) is 60.7 Å². The molecule has 2 saturated heterocycles. The number of carbonyl (C=O) groups is 12. The second kappa shape index (κ2) is 43.2. The predicted molar refractivity (Wildman–Crippen MR) is 401 cm³/mol. The molecule has 12 amide bonds. The van der Waals surface area contributed by atoms with Crippen molar-refractivity contribution in [1.29, 1.82) is 0 Å². The summed E-state index contributed by atoms with van der Waals surface area (Å²) >= 11 is 0.